The van der Waals surface area contributed by atoms with E-state index in [1.807, 2.05) is 6.92 Å². The largest absolute Gasteiger partial charge is 0.324 e. The maximum absolute atomic E-state index is 12.4. The molecule has 0 saturated carbocycles. The third-order valence-electron chi connectivity index (χ3n) is 3.50. The number of hydrogen-bond donors (Lipinski definition) is 2. The Morgan fingerprint density at radius 2 is 2.04 bits per heavy atom. The molecular formula is C18H21N3O3S. The predicted octanol–water partition coefficient (Wildman–Crippen LogP) is 3.04. The Morgan fingerprint density at radius 3 is 2.72 bits per heavy atom. The minimum absolute atomic E-state index is 0.116. The molecule has 1 unspecified atom stereocenters. The van der Waals surface area contributed by atoms with E-state index in [0.29, 0.717) is 28.5 Å². The van der Waals surface area contributed by atoms with Gasteiger partial charge in [-0.1, -0.05) is 37.2 Å². The summed E-state index contributed by atoms with van der Waals surface area (Å²) < 4.78 is 0. The smallest absolute Gasteiger partial charge is 0.251 e. The molecule has 0 spiro atoms. The second kappa shape index (κ2) is 8.62. The van der Waals surface area contributed by atoms with Crippen molar-refractivity contribution in [1.82, 2.24) is 9.97 Å². The Hall–Kier alpha value is -2.41. The van der Waals surface area contributed by atoms with Crippen molar-refractivity contribution in [3.63, 3.8) is 0 Å². The number of nitrogens with one attached hydrogen (secondary N) is 2. The third-order valence-corrected chi connectivity index (χ3v) is 4.49. The molecule has 1 aromatic heterocycles. The van der Waals surface area contributed by atoms with E-state index in [0.717, 1.165) is 6.42 Å². The van der Waals surface area contributed by atoms with Crippen LogP contribution in [0.1, 0.15) is 43.2 Å². The lowest BCUT2D eigenvalue weighted by molar-refractivity contribution is -0.115. The van der Waals surface area contributed by atoms with Crippen molar-refractivity contribution in [2.75, 3.05) is 5.32 Å². The van der Waals surface area contributed by atoms with Crippen molar-refractivity contribution in [2.45, 2.75) is 44.0 Å². The Morgan fingerprint density at radius 1 is 1.32 bits per heavy atom. The van der Waals surface area contributed by atoms with Gasteiger partial charge in [-0.3, -0.25) is 14.4 Å². The number of thioether (sulfide) groups is 1. The SMILES string of the molecule is CCCc1cc(=O)[nH]c(SC(C)C(=O)Nc2ccccc2C(C)=O)n1. The lowest BCUT2D eigenvalue weighted by Gasteiger charge is -2.13. The van der Waals surface area contributed by atoms with Crippen molar-refractivity contribution in [2.24, 2.45) is 0 Å². The van der Waals surface area contributed by atoms with Gasteiger partial charge in [-0.2, -0.15) is 0 Å². The number of ketones is 1. The number of carbonyl (C=O) groups is 2. The molecule has 0 aliphatic rings. The third kappa shape index (κ3) is 5.29. The molecule has 2 aromatic rings. The van der Waals surface area contributed by atoms with Crippen LogP contribution in [0.4, 0.5) is 5.69 Å². The highest BCUT2D eigenvalue weighted by molar-refractivity contribution is 8.00. The molecule has 0 aliphatic heterocycles. The first-order chi connectivity index (χ1) is 11.9. The molecule has 1 amide bonds. The lowest BCUT2D eigenvalue weighted by atomic mass is 10.1. The Labute approximate surface area is 150 Å². The molecule has 25 heavy (non-hydrogen) atoms. The average molecular weight is 359 g/mol. The number of nitrogens with zero attached hydrogens (tertiary/aromatic N) is 1. The maximum Gasteiger partial charge on any atom is 0.251 e. The van der Waals surface area contributed by atoms with Crippen LogP contribution >= 0.6 is 11.8 Å². The summed E-state index contributed by atoms with van der Waals surface area (Å²) in [5, 5.41) is 2.70. The first kappa shape index (κ1) is 18.9. The molecule has 0 bridgehead atoms. The topological polar surface area (TPSA) is 91.9 Å². The number of benzene rings is 1. The summed E-state index contributed by atoms with van der Waals surface area (Å²) >= 11 is 1.18. The molecule has 7 heteroatoms. The second-order valence-corrected chi connectivity index (χ2v) is 6.97. The van der Waals surface area contributed by atoms with Gasteiger partial charge in [-0.15, -0.1) is 0 Å². The number of carbonyl (C=O) groups excluding carboxylic acids is 2. The van der Waals surface area contributed by atoms with Crippen LogP contribution in [0.25, 0.3) is 0 Å². The van der Waals surface area contributed by atoms with E-state index in [2.05, 4.69) is 15.3 Å². The summed E-state index contributed by atoms with van der Waals surface area (Å²) in [5.74, 6) is -0.378. The van der Waals surface area contributed by atoms with Gasteiger partial charge in [-0.05, 0) is 32.4 Å². The number of para-hydroxylation sites is 1. The molecule has 0 fully saturated rings. The molecule has 1 atom stereocenters. The highest BCUT2D eigenvalue weighted by Gasteiger charge is 2.18. The van der Waals surface area contributed by atoms with Gasteiger partial charge in [-0.25, -0.2) is 4.98 Å². The van der Waals surface area contributed by atoms with Crippen LogP contribution in [0.15, 0.2) is 40.3 Å². The van der Waals surface area contributed by atoms with Gasteiger partial charge in [0, 0.05) is 17.3 Å². The normalized spacial score (nSPS) is 11.8. The van der Waals surface area contributed by atoms with E-state index in [1.165, 1.54) is 24.8 Å². The number of H-pyrrole nitrogens is 1. The Balaban J connectivity index is 2.11. The summed E-state index contributed by atoms with van der Waals surface area (Å²) in [6.07, 6.45) is 1.60. The molecule has 0 aliphatic carbocycles. The van der Waals surface area contributed by atoms with Gasteiger partial charge in [0.25, 0.3) is 5.56 Å². The van der Waals surface area contributed by atoms with Gasteiger partial charge in [0.1, 0.15) is 0 Å². The van der Waals surface area contributed by atoms with Crippen LogP contribution in [0.2, 0.25) is 0 Å². The Bertz CT molecular complexity index is 832. The summed E-state index contributed by atoms with van der Waals surface area (Å²) in [6.45, 7) is 5.19. The molecule has 0 saturated heterocycles. The predicted molar refractivity (Wildman–Crippen MR) is 99.2 cm³/mol. The van der Waals surface area contributed by atoms with Gasteiger partial charge >= 0.3 is 0 Å². The summed E-state index contributed by atoms with van der Waals surface area (Å²) in [6, 6.07) is 8.34. The van der Waals surface area contributed by atoms with Crippen molar-refractivity contribution >= 4 is 29.1 Å². The van der Waals surface area contributed by atoms with Crippen LogP contribution in [0, 0.1) is 0 Å². The zero-order chi connectivity index (χ0) is 18.4. The summed E-state index contributed by atoms with van der Waals surface area (Å²) in [4.78, 5) is 42.8. The lowest BCUT2D eigenvalue weighted by Crippen LogP contribution is -2.24. The number of amides is 1. The van der Waals surface area contributed by atoms with Crippen LogP contribution in [0.5, 0.6) is 0 Å². The summed E-state index contributed by atoms with van der Waals surface area (Å²) in [7, 11) is 0. The minimum Gasteiger partial charge on any atom is -0.324 e. The number of aryl methyl sites for hydroxylation is 1. The van der Waals surface area contributed by atoms with E-state index in [-0.39, 0.29) is 17.2 Å². The van der Waals surface area contributed by atoms with Crippen LogP contribution in [-0.4, -0.2) is 26.9 Å². The average Bonchev–Trinajstić information content (AvgIpc) is 2.54. The van der Waals surface area contributed by atoms with E-state index in [4.69, 9.17) is 0 Å². The molecule has 0 radical (unpaired) electrons. The maximum atomic E-state index is 12.4. The standard InChI is InChI=1S/C18H21N3O3S/c1-4-7-13-10-16(23)21-18(19-13)25-12(3)17(24)20-15-9-6-5-8-14(15)11(2)22/h5-6,8-10,12H,4,7H2,1-3H3,(H,20,24)(H,19,21,23). The molecule has 2 rings (SSSR count). The minimum atomic E-state index is -0.486. The first-order valence-corrected chi connectivity index (χ1v) is 8.96. The van der Waals surface area contributed by atoms with Crippen molar-refractivity contribution in [3.8, 4) is 0 Å². The number of rotatable bonds is 7. The van der Waals surface area contributed by atoms with Crippen molar-refractivity contribution in [3.05, 3.63) is 51.9 Å². The highest BCUT2D eigenvalue weighted by Crippen LogP contribution is 2.22. The molecule has 6 nitrogen and oxygen atoms in total. The van der Waals surface area contributed by atoms with E-state index in [9.17, 15) is 14.4 Å². The van der Waals surface area contributed by atoms with Crippen molar-refractivity contribution < 1.29 is 9.59 Å². The van der Waals surface area contributed by atoms with E-state index < -0.39 is 5.25 Å². The zero-order valence-corrected chi connectivity index (χ0v) is 15.3. The highest BCUT2D eigenvalue weighted by atomic mass is 32.2. The quantitative estimate of drug-likeness (QED) is 0.450. The fourth-order valence-corrected chi connectivity index (χ4v) is 3.11. The number of anilines is 1. The zero-order valence-electron chi connectivity index (χ0n) is 14.5. The van der Waals surface area contributed by atoms with Crippen LogP contribution in [-0.2, 0) is 11.2 Å². The van der Waals surface area contributed by atoms with Crippen LogP contribution in [0.3, 0.4) is 0 Å². The second-order valence-electron chi connectivity index (χ2n) is 5.64. The van der Waals surface area contributed by atoms with Crippen LogP contribution < -0.4 is 10.9 Å². The van der Waals surface area contributed by atoms with Gasteiger partial charge in [0.15, 0.2) is 10.9 Å². The molecule has 132 valence electrons. The summed E-state index contributed by atoms with van der Waals surface area (Å²) in [5.41, 5.74) is 1.43. The molecule has 2 N–H and O–H groups in total. The molecule has 1 aromatic carbocycles. The fraction of sp³-hybridized carbons (Fsp3) is 0.333. The van der Waals surface area contributed by atoms with Gasteiger partial charge in [0.2, 0.25) is 5.91 Å². The molecular weight excluding hydrogens is 338 g/mol. The number of hydrogen-bond acceptors (Lipinski definition) is 5. The Kier molecular flexibility index (Phi) is 6.52. The number of Topliss-reactive ketones (excluding diaryl/α,β-unsaturated/α-hetero) is 1. The molecule has 1 heterocycles. The monoisotopic (exact) mass is 359 g/mol. The number of aromatic nitrogens is 2. The fourth-order valence-electron chi connectivity index (χ4n) is 2.28. The van der Waals surface area contributed by atoms with Gasteiger partial charge < -0.3 is 10.3 Å². The number of aromatic amines is 1. The van der Waals surface area contributed by atoms with Crippen molar-refractivity contribution in [1.29, 1.82) is 0 Å². The van der Waals surface area contributed by atoms with E-state index in [1.54, 1.807) is 31.2 Å². The van der Waals surface area contributed by atoms with E-state index >= 15 is 0 Å². The van der Waals surface area contributed by atoms with Gasteiger partial charge in [0.05, 0.1) is 10.9 Å². The first-order valence-electron chi connectivity index (χ1n) is 8.08.